The Hall–Kier alpha value is -1.75. The summed E-state index contributed by atoms with van der Waals surface area (Å²) < 4.78 is 5.66. The smallest absolute Gasteiger partial charge is 0.260 e. The fourth-order valence-electron chi connectivity index (χ4n) is 3.17. The van der Waals surface area contributed by atoms with Crippen LogP contribution < -0.4 is 10.1 Å². The van der Waals surface area contributed by atoms with Crippen LogP contribution in [0.15, 0.2) is 48.5 Å². The fourth-order valence-corrected chi connectivity index (χ4v) is 3.41. The Bertz CT molecular complexity index is 725. The summed E-state index contributed by atoms with van der Waals surface area (Å²) >= 11 is 6.33. The highest BCUT2D eigenvalue weighted by molar-refractivity contribution is 6.32. The maximum absolute atomic E-state index is 12.3. The van der Waals surface area contributed by atoms with Gasteiger partial charge in [-0.3, -0.25) is 4.79 Å². The van der Waals surface area contributed by atoms with E-state index in [1.807, 2.05) is 60.5 Å². The maximum Gasteiger partial charge on any atom is 0.260 e. The number of nitrogens with zero attached hydrogens (tertiary/aromatic N) is 1. The quantitative estimate of drug-likeness (QED) is 0.807. The molecule has 1 aliphatic rings. The van der Waals surface area contributed by atoms with Crippen LogP contribution in [0.25, 0.3) is 11.1 Å². The average Bonchev–Trinajstić information content (AvgIpc) is 3.10. The Morgan fingerprint density at radius 1 is 1.23 bits per heavy atom. The molecule has 3 rings (SSSR count). The van der Waals surface area contributed by atoms with Gasteiger partial charge in [-0.2, -0.15) is 0 Å². The standard InChI is InChI=1S/C20H23ClN2O2.ClH/c1-22-12-15-9-10-23(13-15)20(24)14-25-19-8-7-17(11-18(19)21)16-5-3-2-4-6-16;/h2-8,11,15,22H,9-10,12-14H2,1H3;1H. The number of amides is 1. The van der Waals surface area contributed by atoms with Gasteiger partial charge in [-0.15, -0.1) is 12.4 Å². The summed E-state index contributed by atoms with van der Waals surface area (Å²) in [6.45, 7) is 2.56. The lowest BCUT2D eigenvalue weighted by molar-refractivity contribution is -0.132. The largest absolute Gasteiger partial charge is 0.482 e. The Kier molecular flexibility index (Phi) is 7.76. The molecular formula is C20H24Cl2N2O2. The fraction of sp³-hybridized carbons (Fsp3) is 0.350. The van der Waals surface area contributed by atoms with Crippen LogP contribution in [0.5, 0.6) is 5.75 Å². The molecule has 6 heteroatoms. The first-order chi connectivity index (χ1) is 12.2. The lowest BCUT2D eigenvalue weighted by Crippen LogP contribution is -2.34. The van der Waals surface area contributed by atoms with Gasteiger partial charge in [0.15, 0.2) is 6.61 Å². The number of benzene rings is 2. The number of carbonyl (C=O) groups excluding carboxylic acids is 1. The van der Waals surface area contributed by atoms with Crippen molar-refractivity contribution in [2.24, 2.45) is 5.92 Å². The number of ether oxygens (including phenoxy) is 1. The van der Waals surface area contributed by atoms with Crippen molar-refractivity contribution in [3.8, 4) is 16.9 Å². The predicted molar refractivity (Wildman–Crippen MR) is 108 cm³/mol. The van der Waals surface area contributed by atoms with Gasteiger partial charge in [0, 0.05) is 13.1 Å². The van der Waals surface area contributed by atoms with Gasteiger partial charge in [-0.1, -0.05) is 48.0 Å². The molecule has 1 unspecified atom stereocenters. The molecule has 1 fully saturated rings. The molecule has 4 nitrogen and oxygen atoms in total. The first-order valence-corrected chi connectivity index (χ1v) is 8.95. The third-order valence-corrected chi connectivity index (χ3v) is 4.82. The van der Waals surface area contributed by atoms with Gasteiger partial charge in [0.2, 0.25) is 0 Å². The Balaban J connectivity index is 0.00000243. The van der Waals surface area contributed by atoms with Crippen LogP contribution >= 0.6 is 24.0 Å². The van der Waals surface area contributed by atoms with E-state index in [-0.39, 0.29) is 24.9 Å². The molecule has 1 aliphatic heterocycles. The Morgan fingerprint density at radius 2 is 2.00 bits per heavy atom. The van der Waals surface area contributed by atoms with Crippen LogP contribution in [-0.4, -0.2) is 44.1 Å². The molecule has 0 spiro atoms. The number of carbonyl (C=O) groups is 1. The van der Waals surface area contributed by atoms with Gasteiger partial charge in [0.25, 0.3) is 5.91 Å². The molecule has 1 heterocycles. The highest BCUT2D eigenvalue weighted by Gasteiger charge is 2.25. The van der Waals surface area contributed by atoms with Crippen molar-refractivity contribution >= 4 is 29.9 Å². The van der Waals surface area contributed by atoms with Crippen molar-refractivity contribution in [3.05, 3.63) is 53.6 Å². The normalized spacial score (nSPS) is 16.2. The average molecular weight is 395 g/mol. The van der Waals surface area contributed by atoms with Crippen molar-refractivity contribution in [2.45, 2.75) is 6.42 Å². The van der Waals surface area contributed by atoms with Crippen LogP contribution in [0, 0.1) is 5.92 Å². The molecule has 0 aromatic heterocycles. The number of hydrogen-bond acceptors (Lipinski definition) is 3. The van der Waals surface area contributed by atoms with Crippen molar-refractivity contribution in [3.63, 3.8) is 0 Å². The topological polar surface area (TPSA) is 41.6 Å². The summed E-state index contributed by atoms with van der Waals surface area (Å²) in [7, 11) is 1.94. The summed E-state index contributed by atoms with van der Waals surface area (Å²) in [5.41, 5.74) is 2.12. The van der Waals surface area contributed by atoms with Gasteiger partial charge in [-0.05, 0) is 49.2 Å². The monoisotopic (exact) mass is 394 g/mol. The zero-order valence-electron chi connectivity index (χ0n) is 14.8. The molecule has 1 amide bonds. The van der Waals surface area contributed by atoms with Gasteiger partial charge in [0.1, 0.15) is 5.75 Å². The van der Waals surface area contributed by atoms with E-state index in [0.29, 0.717) is 16.7 Å². The first-order valence-electron chi connectivity index (χ1n) is 8.57. The zero-order valence-corrected chi connectivity index (χ0v) is 16.4. The van der Waals surface area contributed by atoms with E-state index in [0.717, 1.165) is 37.2 Å². The molecule has 0 aliphatic carbocycles. The van der Waals surface area contributed by atoms with Crippen LogP contribution in [-0.2, 0) is 4.79 Å². The number of hydrogen-bond donors (Lipinski definition) is 1. The molecule has 1 atom stereocenters. The van der Waals surface area contributed by atoms with E-state index >= 15 is 0 Å². The minimum atomic E-state index is 0. The maximum atomic E-state index is 12.3. The van der Waals surface area contributed by atoms with E-state index in [2.05, 4.69) is 5.32 Å². The minimum Gasteiger partial charge on any atom is -0.482 e. The lowest BCUT2D eigenvalue weighted by Gasteiger charge is -2.17. The molecule has 2 aromatic carbocycles. The summed E-state index contributed by atoms with van der Waals surface area (Å²) in [4.78, 5) is 14.2. The second kappa shape index (κ2) is 9.81. The summed E-state index contributed by atoms with van der Waals surface area (Å²) in [5.74, 6) is 1.09. The number of rotatable bonds is 6. The number of halogens is 2. The molecular weight excluding hydrogens is 371 g/mol. The zero-order chi connectivity index (χ0) is 17.6. The van der Waals surface area contributed by atoms with Gasteiger partial charge < -0.3 is 15.0 Å². The Labute approximate surface area is 165 Å². The first kappa shape index (κ1) is 20.6. The van der Waals surface area contributed by atoms with Crippen LogP contribution in [0.1, 0.15) is 6.42 Å². The predicted octanol–water partition coefficient (Wildman–Crippen LogP) is 3.88. The van der Waals surface area contributed by atoms with E-state index in [4.69, 9.17) is 16.3 Å². The summed E-state index contributed by atoms with van der Waals surface area (Å²) in [6, 6.07) is 15.7. The van der Waals surface area contributed by atoms with Crippen molar-refractivity contribution in [1.29, 1.82) is 0 Å². The van der Waals surface area contributed by atoms with Crippen molar-refractivity contribution < 1.29 is 9.53 Å². The second-order valence-electron chi connectivity index (χ2n) is 6.35. The number of likely N-dealkylation sites (tertiary alicyclic amines) is 1. The molecule has 1 N–H and O–H groups in total. The molecule has 140 valence electrons. The van der Waals surface area contributed by atoms with E-state index < -0.39 is 0 Å². The molecule has 26 heavy (non-hydrogen) atoms. The van der Waals surface area contributed by atoms with Gasteiger partial charge >= 0.3 is 0 Å². The molecule has 1 saturated heterocycles. The Morgan fingerprint density at radius 3 is 2.69 bits per heavy atom. The third-order valence-electron chi connectivity index (χ3n) is 4.52. The molecule has 2 aromatic rings. The van der Waals surface area contributed by atoms with Gasteiger partial charge in [-0.25, -0.2) is 0 Å². The minimum absolute atomic E-state index is 0. The SMILES string of the molecule is CNCC1CCN(C(=O)COc2ccc(-c3ccccc3)cc2Cl)C1.Cl. The third kappa shape index (κ3) is 5.13. The summed E-state index contributed by atoms with van der Waals surface area (Å²) in [6.07, 6.45) is 1.04. The highest BCUT2D eigenvalue weighted by Crippen LogP contribution is 2.30. The van der Waals surface area contributed by atoms with E-state index in [1.165, 1.54) is 0 Å². The van der Waals surface area contributed by atoms with Crippen LogP contribution in [0.2, 0.25) is 5.02 Å². The van der Waals surface area contributed by atoms with Crippen LogP contribution in [0.3, 0.4) is 0 Å². The summed E-state index contributed by atoms with van der Waals surface area (Å²) in [5, 5.41) is 3.68. The van der Waals surface area contributed by atoms with E-state index in [9.17, 15) is 4.79 Å². The highest BCUT2D eigenvalue weighted by atomic mass is 35.5. The molecule has 0 radical (unpaired) electrons. The molecule has 0 bridgehead atoms. The second-order valence-corrected chi connectivity index (χ2v) is 6.76. The van der Waals surface area contributed by atoms with Crippen LogP contribution in [0.4, 0.5) is 0 Å². The van der Waals surface area contributed by atoms with Crippen molar-refractivity contribution in [2.75, 3.05) is 33.3 Å². The van der Waals surface area contributed by atoms with Gasteiger partial charge in [0.05, 0.1) is 5.02 Å². The lowest BCUT2D eigenvalue weighted by atomic mass is 10.1. The van der Waals surface area contributed by atoms with Crippen molar-refractivity contribution in [1.82, 2.24) is 10.2 Å². The van der Waals surface area contributed by atoms with E-state index in [1.54, 1.807) is 0 Å². The molecule has 0 saturated carbocycles. The number of nitrogens with one attached hydrogen (secondary N) is 1.